The van der Waals surface area contributed by atoms with Gasteiger partial charge in [0.2, 0.25) is 0 Å². The molecule has 0 fully saturated rings. The molecule has 0 saturated heterocycles. The summed E-state index contributed by atoms with van der Waals surface area (Å²) in [6, 6.07) is 9.17. The first-order valence-electron chi connectivity index (χ1n) is 10.0. The second-order valence-electron chi connectivity index (χ2n) is 7.58. The molecule has 2 N–H and O–H groups in total. The Morgan fingerprint density at radius 1 is 1.30 bits per heavy atom. The van der Waals surface area contributed by atoms with Gasteiger partial charge in [0.25, 0.3) is 0 Å². The number of nitrogens with zero attached hydrogens (tertiary/aromatic N) is 4. The zero-order valence-electron chi connectivity index (χ0n) is 17.0. The van der Waals surface area contributed by atoms with Crippen LogP contribution in [0, 0.1) is 6.92 Å². The third-order valence-corrected chi connectivity index (χ3v) is 5.10. The molecule has 1 atom stereocenters. The maximum Gasteiger partial charge on any atom is 0.191 e. The lowest BCUT2D eigenvalue weighted by atomic mass is 10.0. The van der Waals surface area contributed by atoms with Crippen molar-refractivity contribution in [1.29, 1.82) is 0 Å². The molecule has 0 amide bonds. The van der Waals surface area contributed by atoms with Gasteiger partial charge in [0.05, 0.1) is 6.04 Å². The number of nitrogens with one attached hydrogen (secondary N) is 2. The predicted octanol–water partition coefficient (Wildman–Crippen LogP) is 3.34. The van der Waals surface area contributed by atoms with E-state index >= 15 is 0 Å². The van der Waals surface area contributed by atoms with Gasteiger partial charge in [-0.1, -0.05) is 38.1 Å². The Morgan fingerprint density at radius 2 is 2.07 bits per heavy atom. The second kappa shape index (κ2) is 9.02. The van der Waals surface area contributed by atoms with Crippen LogP contribution < -0.4 is 10.6 Å². The highest BCUT2D eigenvalue weighted by Gasteiger charge is 2.24. The summed E-state index contributed by atoms with van der Waals surface area (Å²) in [6.45, 7) is 8.25. The van der Waals surface area contributed by atoms with Gasteiger partial charge in [-0.15, -0.1) is 0 Å². The van der Waals surface area contributed by atoms with E-state index in [1.165, 1.54) is 11.1 Å². The number of benzene rings is 1. The molecule has 27 heavy (non-hydrogen) atoms. The summed E-state index contributed by atoms with van der Waals surface area (Å²) in [5, 5.41) is 11.4. The summed E-state index contributed by atoms with van der Waals surface area (Å²) < 4.78 is 2.02. The topological polar surface area (TPSA) is 67.1 Å². The van der Waals surface area contributed by atoms with E-state index in [2.05, 4.69) is 63.8 Å². The molecule has 6 nitrogen and oxygen atoms in total. The maximum absolute atomic E-state index is 4.58. The number of aliphatic imine (C=N–C) groups is 1. The van der Waals surface area contributed by atoms with Crippen molar-refractivity contribution in [3.8, 4) is 0 Å². The fourth-order valence-corrected chi connectivity index (χ4v) is 3.53. The Balaban J connectivity index is 1.46. The third-order valence-electron chi connectivity index (χ3n) is 5.10. The average Bonchev–Trinajstić information content (AvgIpc) is 3.05. The van der Waals surface area contributed by atoms with Crippen LogP contribution in [0.2, 0.25) is 0 Å². The molecule has 3 rings (SSSR count). The van der Waals surface area contributed by atoms with Gasteiger partial charge in [-0.05, 0) is 49.7 Å². The first-order chi connectivity index (χ1) is 13.1. The highest BCUT2D eigenvalue weighted by Crippen LogP contribution is 2.22. The molecule has 1 unspecified atom stereocenters. The van der Waals surface area contributed by atoms with E-state index in [-0.39, 0.29) is 6.04 Å². The Kier molecular flexibility index (Phi) is 6.48. The van der Waals surface area contributed by atoms with Gasteiger partial charge in [-0.25, -0.2) is 9.67 Å². The molecule has 1 aromatic carbocycles. The van der Waals surface area contributed by atoms with Crippen molar-refractivity contribution in [2.75, 3.05) is 13.6 Å². The Hall–Kier alpha value is -2.37. The van der Waals surface area contributed by atoms with Crippen molar-refractivity contribution in [2.45, 2.75) is 65.0 Å². The minimum absolute atomic E-state index is 0.176. The molecule has 0 aliphatic carbocycles. The van der Waals surface area contributed by atoms with Gasteiger partial charge in [0.1, 0.15) is 11.6 Å². The number of aromatic nitrogens is 3. The van der Waals surface area contributed by atoms with E-state index in [4.69, 9.17) is 0 Å². The molecule has 1 aliphatic heterocycles. The van der Waals surface area contributed by atoms with E-state index in [0.717, 1.165) is 56.4 Å². The molecule has 6 heteroatoms. The van der Waals surface area contributed by atoms with Gasteiger partial charge in [0, 0.05) is 20.1 Å². The molecule has 1 aromatic heterocycles. The van der Waals surface area contributed by atoms with Crippen LogP contribution in [-0.4, -0.2) is 34.3 Å². The number of hydrogen-bond acceptors (Lipinski definition) is 3. The number of guanidine groups is 1. The summed E-state index contributed by atoms with van der Waals surface area (Å²) in [4.78, 5) is 8.96. The lowest BCUT2D eigenvalue weighted by Gasteiger charge is -2.25. The van der Waals surface area contributed by atoms with Crippen LogP contribution in [0.5, 0.6) is 0 Å². The van der Waals surface area contributed by atoms with E-state index in [1.54, 1.807) is 0 Å². The molecule has 0 spiro atoms. The van der Waals surface area contributed by atoms with Crippen LogP contribution in [0.25, 0.3) is 0 Å². The first kappa shape index (κ1) is 19.4. The summed E-state index contributed by atoms with van der Waals surface area (Å²) in [6.07, 6.45) is 4.30. The van der Waals surface area contributed by atoms with E-state index in [0.29, 0.717) is 5.92 Å². The van der Waals surface area contributed by atoms with Crippen LogP contribution in [-0.2, 0) is 13.0 Å². The first-order valence-corrected chi connectivity index (χ1v) is 10.0. The number of fused-ring (bicyclic) bond motifs is 1. The predicted molar refractivity (Wildman–Crippen MR) is 110 cm³/mol. The molecule has 146 valence electrons. The molecule has 0 bridgehead atoms. The fourth-order valence-electron chi connectivity index (χ4n) is 3.53. The Bertz CT molecular complexity index is 759. The zero-order chi connectivity index (χ0) is 19.2. The smallest absolute Gasteiger partial charge is 0.191 e. The van der Waals surface area contributed by atoms with Gasteiger partial charge in [-0.3, -0.25) is 4.99 Å². The highest BCUT2D eigenvalue weighted by atomic mass is 15.4. The quantitative estimate of drug-likeness (QED) is 0.466. The van der Waals surface area contributed by atoms with Crippen molar-refractivity contribution < 1.29 is 0 Å². The van der Waals surface area contributed by atoms with Crippen molar-refractivity contribution in [3.05, 3.63) is 47.0 Å². The maximum atomic E-state index is 4.58. The van der Waals surface area contributed by atoms with E-state index in [9.17, 15) is 0 Å². The summed E-state index contributed by atoms with van der Waals surface area (Å²) >= 11 is 0. The van der Waals surface area contributed by atoms with Crippen LogP contribution in [0.1, 0.15) is 67.8 Å². The molecular weight excluding hydrogens is 336 g/mol. The third kappa shape index (κ3) is 5.08. The Morgan fingerprint density at radius 3 is 2.78 bits per heavy atom. The van der Waals surface area contributed by atoms with Gasteiger partial charge in [-0.2, -0.15) is 5.10 Å². The van der Waals surface area contributed by atoms with Gasteiger partial charge in [0.15, 0.2) is 5.96 Å². The normalized spacial score (nSPS) is 17.1. The summed E-state index contributed by atoms with van der Waals surface area (Å²) in [5.41, 5.74) is 2.79. The van der Waals surface area contributed by atoms with Crippen LogP contribution in [0.3, 0.4) is 0 Å². The molecule has 1 aliphatic rings. The van der Waals surface area contributed by atoms with Crippen molar-refractivity contribution in [3.63, 3.8) is 0 Å². The molecule has 0 radical (unpaired) electrons. The number of hydrogen-bond donors (Lipinski definition) is 2. The minimum Gasteiger partial charge on any atom is -0.356 e. The molecular formula is C21H32N6. The van der Waals surface area contributed by atoms with Gasteiger partial charge < -0.3 is 10.6 Å². The largest absolute Gasteiger partial charge is 0.356 e. The summed E-state index contributed by atoms with van der Waals surface area (Å²) in [7, 11) is 1.82. The lowest BCUT2D eigenvalue weighted by Crippen LogP contribution is -2.41. The molecule has 2 aromatic rings. The van der Waals surface area contributed by atoms with E-state index < -0.39 is 0 Å². The Labute approximate surface area is 162 Å². The fraction of sp³-hybridized carbons (Fsp3) is 0.571. The standard InChI is InChI=1S/C21H32N6/c1-15(2)18-11-9-17(10-12-18)7-5-13-23-21(22-4)25-19-8-6-14-27-20(19)24-16(3)26-27/h9-12,15,19H,5-8,13-14H2,1-4H3,(H2,22,23,25). The van der Waals surface area contributed by atoms with E-state index in [1.807, 2.05) is 18.7 Å². The molecule has 2 heterocycles. The van der Waals surface area contributed by atoms with Crippen molar-refractivity contribution in [2.24, 2.45) is 4.99 Å². The van der Waals surface area contributed by atoms with Crippen LogP contribution >= 0.6 is 0 Å². The highest BCUT2D eigenvalue weighted by molar-refractivity contribution is 5.80. The number of aryl methyl sites for hydroxylation is 3. The monoisotopic (exact) mass is 368 g/mol. The zero-order valence-corrected chi connectivity index (χ0v) is 17.0. The average molecular weight is 369 g/mol. The SMILES string of the molecule is CN=C(NCCCc1ccc(C(C)C)cc1)NC1CCCn2nc(C)nc21. The van der Waals surface area contributed by atoms with Crippen molar-refractivity contribution >= 4 is 5.96 Å². The second-order valence-corrected chi connectivity index (χ2v) is 7.58. The van der Waals surface area contributed by atoms with Gasteiger partial charge >= 0.3 is 0 Å². The minimum atomic E-state index is 0.176. The molecule has 0 saturated carbocycles. The number of rotatable bonds is 6. The van der Waals surface area contributed by atoms with Crippen LogP contribution in [0.4, 0.5) is 0 Å². The van der Waals surface area contributed by atoms with Crippen LogP contribution in [0.15, 0.2) is 29.3 Å². The van der Waals surface area contributed by atoms with Crippen molar-refractivity contribution in [1.82, 2.24) is 25.4 Å². The summed E-state index contributed by atoms with van der Waals surface area (Å²) in [5.74, 6) is 3.28. The lowest BCUT2D eigenvalue weighted by molar-refractivity contribution is 0.397.